The first-order valence-electron chi connectivity index (χ1n) is 4.53. The third kappa shape index (κ3) is 2.68. The van der Waals surface area contributed by atoms with Gasteiger partial charge in [0.2, 0.25) is 0 Å². The zero-order valence-electron chi connectivity index (χ0n) is 8.58. The Morgan fingerprint density at radius 2 is 2.38 bits per heavy atom. The Bertz CT molecular complexity index is 439. The lowest BCUT2D eigenvalue weighted by atomic mass is 10.2. The van der Waals surface area contributed by atoms with Gasteiger partial charge in [-0.2, -0.15) is 5.26 Å². The van der Waals surface area contributed by atoms with E-state index in [1.165, 1.54) is 18.2 Å². The lowest BCUT2D eigenvalue weighted by Crippen LogP contribution is -2.10. The molecule has 0 bridgehead atoms. The van der Waals surface area contributed by atoms with Crippen LogP contribution in [0.15, 0.2) is 18.2 Å². The van der Waals surface area contributed by atoms with Gasteiger partial charge in [-0.3, -0.25) is 10.1 Å². The Kier molecular flexibility index (Phi) is 3.80. The van der Waals surface area contributed by atoms with Crippen LogP contribution in [0.1, 0.15) is 12.5 Å². The molecule has 0 amide bonds. The number of aliphatic hydroxyl groups excluding tert-OH is 1. The lowest BCUT2D eigenvalue weighted by molar-refractivity contribution is -0.385. The molecule has 6 nitrogen and oxygen atoms in total. The highest BCUT2D eigenvalue weighted by Crippen LogP contribution is 2.24. The molecule has 1 N–H and O–H groups in total. The quantitative estimate of drug-likeness (QED) is 0.613. The molecule has 0 saturated heterocycles. The minimum atomic E-state index is -0.674. The number of non-ortho nitro benzene ring substituents is 1. The van der Waals surface area contributed by atoms with Gasteiger partial charge in [-0.05, 0) is 13.0 Å². The van der Waals surface area contributed by atoms with E-state index in [0.717, 1.165) is 0 Å². The summed E-state index contributed by atoms with van der Waals surface area (Å²) in [6, 6.07) is 5.72. The van der Waals surface area contributed by atoms with E-state index in [1.807, 2.05) is 6.07 Å². The fourth-order valence-corrected chi connectivity index (χ4v) is 1.13. The molecule has 0 saturated carbocycles. The summed E-state index contributed by atoms with van der Waals surface area (Å²) in [6.07, 6.45) is -0.674. The maximum atomic E-state index is 10.5. The van der Waals surface area contributed by atoms with Crippen molar-refractivity contribution >= 4 is 5.69 Å². The molecule has 1 aromatic rings. The maximum Gasteiger partial charge on any atom is 0.270 e. The van der Waals surface area contributed by atoms with Crippen LogP contribution in [0.3, 0.4) is 0 Å². The van der Waals surface area contributed by atoms with E-state index >= 15 is 0 Å². The van der Waals surface area contributed by atoms with Crippen LogP contribution in [0.2, 0.25) is 0 Å². The Morgan fingerprint density at radius 3 is 2.88 bits per heavy atom. The summed E-state index contributed by atoms with van der Waals surface area (Å²) >= 11 is 0. The number of nitro groups is 1. The second-order valence-corrected chi connectivity index (χ2v) is 3.10. The fourth-order valence-electron chi connectivity index (χ4n) is 1.13. The van der Waals surface area contributed by atoms with Crippen LogP contribution in [0, 0.1) is 21.4 Å². The smallest absolute Gasteiger partial charge is 0.270 e. The van der Waals surface area contributed by atoms with Gasteiger partial charge in [0.15, 0.2) is 6.10 Å². The molecule has 0 aliphatic heterocycles. The van der Waals surface area contributed by atoms with Gasteiger partial charge in [0.1, 0.15) is 11.8 Å². The molecule has 84 valence electrons. The van der Waals surface area contributed by atoms with Crippen molar-refractivity contribution in [3.8, 4) is 11.8 Å². The summed E-state index contributed by atoms with van der Waals surface area (Å²) in [5.41, 5.74) is 0.164. The molecule has 0 spiro atoms. The summed E-state index contributed by atoms with van der Waals surface area (Å²) in [4.78, 5) is 9.93. The second kappa shape index (κ2) is 5.09. The number of rotatable bonds is 4. The third-order valence-corrected chi connectivity index (χ3v) is 1.91. The molecule has 16 heavy (non-hydrogen) atoms. The van der Waals surface area contributed by atoms with E-state index in [-0.39, 0.29) is 23.6 Å². The van der Waals surface area contributed by atoms with Gasteiger partial charge in [0, 0.05) is 17.7 Å². The van der Waals surface area contributed by atoms with Crippen molar-refractivity contribution < 1.29 is 14.8 Å². The van der Waals surface area contributed by atoms with E-state index in [4.69, 9.17) is 15.1 Å². The highest BCUT2D eigenvalue weighted by molar-refractivity contribution is 5.43. The van der Waals surface area contributed by atoms with Crippen molar-refractivity contribution in [3.05, 3.63) is 33.9 Å². The number of aliphatic hydroxyl groups is 1. The summed E-state index contributed by atoms with van der Waals surface area (Å²) < 4.78 is 5.18. The van der Waals surface area contributed by atoms with Gasteiger partial charge < -0.3 is 9.84 Å². The molecule has 1 atom stereocenters. The Balaban J connectivity index is 3.03. The first-order chi connectivity index (χ1) is 7.58. The van der Waals surface area contributed by atoms with Crippen LogP contribution >= 0.6 is 0 Å². The zero-order valence-corrected chi connectivity index (χ0v) is 8.58. The summed E-state index contributed by atoms with van der Waals surface area (Å²) in [6.45, 7) is 1.16. The summed E-state index contributed by atoms with van der Waals surface area (Å²) in [7, 11) is 0. The van der Waals surface area contributed by atoms with Gasteiger partial charge in [0.05, 0.1) is 11.5 Å². The number of ether oxygens (including phenoxy) is 1. The topological polar surface area (TPSA) is 96.4 Å². The highest BCUT2D eigenvalue weighted by atomic mass is 16.6. The normalized spacial score (nSPS) is 11.6. The van der Waals surface area contributed by atoms with E-state index in [1.54, 1.807) is 6.92 Å². The van der Waals surface area contributed by atoms with Crippen molar-refractivity contribution in [1.29, 1.82) is 5.26 Å². The average Bonchev–Trinajstić information content (AvgIpc) is 2.29. The molecule has 0 radical (unpaired) electrons. The number of nitro benzene ring substituents is 1. The number of hydrogen-bond donors (Lipinski definition) is 1. The molecular formula is C10H10N2O4. The van der Waals surface area contributed by atoms with Crippen molar-refractivity contribution in [2.45, 2.75) is 19.6 Å². The number of hydrogen-bond acceptors (Lipinski definition) is 5. The molecule has 6 heteroatoms. The molecule has 0 fully saturated rings. The Hall–Kier alpha value is -2.13. The molecular weight excluding hydrogens is 212 g/mol. The molecule has 0 aromatic heterocycles. The Morgan fingerprint density at radius 1 is 1.69 bits per heavy atom. The predicted molar refractivity (Wildman–Crippen MR) is 54.7 cm³/mol. The largest absolute Gasteiger partial charge is 0.475 e. The van der Waals surface area contributed by atoms with E-state index < -0.39 is 11.0 Å². The van der Waals surface area contributed by atoms with Crippen LogP contribution in [0.4, 0.5) is 5.69 Å². The first-order valence-corrected chi connectivity index (χ1v) is 4.53. The Labute approximate surface area is 91.8 Å². The van der Waals surface area contributed by atoms with Gasteiger partial charge >= 0.3 is 0 Å². The molecule has 0 aliphatic rings. The van der Waals surface area contributed by atoms with Crippen molar-refractivity contribution in [2.75, 3.05) is 0 Å². The van der Waals surface area contributed by atoms with E-state index in [9.17, 15) is 10.1 Å². The zero-order chi connectivity index (χ0) is 12.1. The van der Waals surface area contributed by atoms with E-state index in [0.29, 0.717) is 0 Å². The molecule has 1 aromatic carbocycles. The number of nitrogens with zero attached hydrogens (tertiary/aromatic N) is 2. The maximum absolute atomic E-state index is 10.5. The lowest BCUT2D eigenvalue weighted by Gasteiger charge is -2.10. The van der Waals surface area contributed by atoms with Crippen molar-refractivity contribution in [2.24, 2.45) is 0 Å². The van der Waals surface area contributed by atoms with Gasteiger partial charge in [-0.25, -0.2) is 0 Å². The van der Waals surface area contributed by atoms with Crippen LogP contribution in [0.5, 0.6) is 5.75 Å². The summed E-state index contributed by atoms with van der Waals surface area (Å²) in [5.74, 6) is 0.280. The molecule has 1 rings (SSSR count). The van der Waals surface area contributed by atoms with Crippen molar-refractivity contribution in [1.82, 2.24) is 0 Å². The third-order valence-electron chi connectivity index (χ3n) is 1.91. The van der Waals surface area contributed by atoms with Gasteiger partial charge in [-0.15, -0.1) is 0 Å². The molecule has 0 heterocycles. The number of benzene rings is 1. The standard InChI is InChI=1S/C10H10N2O4/c1-7(5-11)16-10-3-2-9(12(14)15)4-8(10)6-13/h2-4,7,13H,6H2,1H3. The van der Waals surface area contributed by atoms with Gasteiger partial charge in [0.25, 0.3) is 5.69 Å². The minimum absolute atomic E-state index is 0.124. The second-order valence-electron chi connectivity index (χ2n) is 3.10. The fraction of sp³-hybridized carbons (Fsp3) is 0.300. The van der Waals surface area contributed by atoms with Crippen LogP contribution in [-0.4, -0.2) is 16.1 Å². The number of nitriles is 1. The van der Waals surface area contributed by atoms with Crippen LogP contribution in [0.25, 0.3) is 0 Å². The van der Waals surface area contributed by atoms with Gasteiger partial charge in [-0.1, -0.05) is 0 Å². The minimum Gasteiger partial charge on any atom is -0.475 e. The summed E-state index contributed by atoms with van der Waals surface area (Å²) in [5, 5.41) is 28.1. The van der Waals surface area contributed by atoms with Crippen molar-refractivity contribution in [3.63, 3.8) is 0 Å². The first kappa shape index (κ1) is 11.9. The van der Waals surface area contributed by atoms with Crippen LogP contribution in [-0.2, 0) is 6.61 Å². The SMILES string of the molecule is CC(C#N)Oc1ccc([N+](=O)[O-])cc1CO. The average molecular weight is 222 g/mol. The molecule has 0 aliphatic carbocycles. The highest BCUT2D eigenvalue weighted by Gasteiger charge is 2.12. The monoisotopic (exact) mass is 222 g/mol. The van der Waals surface area contributed by atoms with Crippen LogP contribution < -0.4 is 4.74 Å². The van der Waals surface area contributed by atoms with E-state index in [2.05, 4.69) is 0 Å². The molecule has 1 unspecified atom stereocenters. The predicted octanol–water partition coefficient (Wildman–Crippen LogP) is 1.38.